The maximum Gasteiger partial charge on any atom is 0.0897 e. The Labute approximate surface area is 128 Å². The average Bonchev–Trinajstić information content (AvgIpc) is 2.48. The molecule has 0 bridgehead atoms. The molecule has 1 aromatic rings. The van der Waals surface area contributed by atoms with Crippen LogP contribution in [-0.2, 0) is 15.5 Å². The van der Waals surface area contributed by atoms with Crippen LogP contribution in [0.4, 0.5) is 0 Å². The molecule has 1 heterocycles. The molecule has 0 aliphatic carbocycles. The number of nitrogens with zero attached hydrogens (tertiary/aromatic N) is 1. The molecule has 3 N–H and O–H groups in total. The van der Waals surface area contributed by atoms with Crippen molar-refractivity contribution in [2.45, 2.75) is 19.1 Å². The first kappa shape index (κ1) is 18.3. The molecule has 2 unspecified atom stereocenters. The lowest BCUT2D eigenvalue weighted by molar-refractivity contribution is 0.0373. The van der Waals surface area contributed by atoms with Crippen LogP contribution in [0.2, 0.25) is 0 Å². The van der Waals surface area contributed by atoms with Crippen LogP contribution in [-0.4, -0.2) is 59.6 Å². The fourth-order valence-electron chi connectivity index (χ4n) is 1.68. The third-order valence-electron chi connectivity index (χ3n) is 2.91. The van der Waals surface area contributed by atoms with E-state index in [1.54, 1.807) is 18.6 Å². The number of ether oxygens (including phenoxy) is 1. The highest BCUT2D eigenvalue weighted by molar-refractivity contribution is 8.24. The second-order valence-corrected chi connectivity index (χ2v) is 7.57. The van der Waals surface area contributed by atoms with E-state index < -0.39 is 16.7 Å². The van der Waals surface area contributed by atoms with Crippen molar-refractivity contribution in [3.8, 4) is 0 Å². The first-order chi connectivity index (χ1) is 10.0. The molecule has 0 fully saturated rings. The van der Waals surface area contributed by atoms with Crippen LogP contribution >= 0.6 is 10.6 Å². The van der Waals surface area contributed by atoms with Gasteiger partial charge in [0.1, 0.15) is 0 Å². The number of aliphatic hydroxyl groups excluding tert-OH is 1. The molecule has 0 spiro atoms. The number of hydrogen-bond donors (Lipinski definition) is 3. The van der Waals surface area contributed by atoms with Gasteiger partial charge in [0, 0.05) is 44.1 Å². The van der Waals surface area contributed by atoms with Crippen molar-refractivity contribution in [3.63, 3.8) is 0 Å². The molecular weight excluding hydrogens is 292 g/mol. The standard InChI is InChI=1S/C14H26N2O4S/c1-19-21(2,18)8-4-7-20-12-14(17)11-16-10-13-5-3-6-15-9-13/h3,5-6,9,14,16-18H,4,7-8,10-12H2,1-2H3. The largest absolute Gasteiger partial charge is 0.389 e. The second kappa shape index (κ2) is 10.1. The van der Waals surface area contributed by atoms with Crippen LogP contribution in [0.5, 0.6) is 0 Å². The van der Waals surface area contributed by atoms with Gasteiger partial charge in [-0.25, -0.2) is 0 Å². The zero-order chi connectivity index (χ0) is 15.6. The normalized spacial score (nSPS) is 17.1. The van der Waals surface area contributed by atoms with Gasteiger partial charge in [-0.2, -0.15) is 10.6 Å². The zero-order valence-corrected chi connectivity index (χ0v) is 13.5. The molecule has 0 saturated carbocycles. The molecule has 2 atom stereocenters. The predicted molar refractivity (Wildman–Crippen MR) is 85.4 cm³/mol. The molecule has 0 radical (unpaired) electrons. The fourth-order valence-corrected chi connectivity index (χ4v) is 2.50. The molecule has 1 aromatic heterocycles. The maximum absolute atomic E-state index is 9.76. The minimum atomic E-state index is -1.93. The topological polar surface area (TPSA) is 83.8 Å². The summed E-state index contributed by atoms with van der Waals surface area (Å²) in [7, 11) is -0.418. The molecule has 6 nitrogen and oxygen atoms in total. The van der Waals surface area contributed by atoms with Gasteiger partial charge >= 0.3 is 0 Å². The Balaban J connectivity index is 2.00. The molecule has 0 aliphatic rings. The molecule has 0 aliphatic heterocycles. The number of hydrogen-bond acceptors (Lipinski definition) is 6. The SMILES string of the molecule is COS(C)(O)CCCOCC(O)CNCc1cccnc1. The Bertz CT molecular complexity index is 378. The fraction of sp³-hybridized carbons (Fsp3) is 0.643. The molecule has 1 rings (SSSR count). The summed E-state index contributed by atoms with van der Waals surface area (Å²) in [4.78, 5) is 4.02. The van der Waals surface area contributed by atoms with Crippen molar-refractivity contribution in [3.05, 3.63) is 30.1 Å². The van der Waals surface area contributed by atoms with E-state index in [1.807, 2.05) is 12.1 Å². The van der Waals surface area contributed by atoms with Gasteiger partial charge in [-0.3, -0.25) is 13.7 Å². The summed E-state index contributed by atoms with van der Waals surface area (Å²) in [5, 5.41) is 12.9. The minimum absolute atomic E-state index is 0.282. The van der Waals surface area contributed by atoms with Gasteiger partial charge in [-0.1, -0.05) is 6.07 Å². The number of rotatable bonds is 11. The van der Waals surface area contributed by atoms with Crippen LogP contribution in [0.25, 0.3) is 0 Å². The molecule has 21 heavy (non-hydrogen) atoms. The lowest BCUT2D eigenvalue weighted by Crippen LogP contribution is -2.30. The van der Waals surface area contributed by atoms with Crippen LogP contribution in [0, 0.1) is 0 Å². The van der Waals surface area contributed by atoms with E-state index >= 15 is 0 Å². The molecule has 7 heteroatoms. The lowest BCUT2D eigenvalue weighted by Gasteiger charge is -2.31. The first-order valence-electron chi connectivity index (χ1n) is 6.93. The van der Waals surface area contributed by atoms with Crippen LogP contribution in [0.15, 0.2) is 24.5 Å². The number of pyridine rings is 1. The summed E-state index contributed by atoms with van der Waals surface area (Å²) in [6.45, 7) is 1.93. The summed E-state index contributed by atoms with van der Waals surface area (Å²) >= 11 is 0. The summed E-state index contributed by atoms with van der Waals surface area (Å²) in [5.41, 5.74) is 1.08. The van der Waals surface area contributed by atoms with Gasteiger partial charge in [0.2, 0.25) is 0 Å². The molecular formula is C14H26N2O4S. The monoisotopic (exact) mass is 318 g/mol. The van der Waals surface area contributed by atoms with Crippen molar-refractivity contribution in [1.29, 1.82) is 0 Å². The van der Waals surface area contributed by atoms with E-state index in [2.05, 4.69) is 10.3 Å². The van der Waals surface area contributed by atoms with Gasteiger partial charge in [0.05, 0.1) is 19.8 Å². The smallest absolute Gasteiger partial charge is 0.0897 e. The van der Waals surface area contributed by atoms with E-state index in [0.717, 1.165) is 5.56 Å². The summed E-state index contributed by atoms with van der Waals surface area (Å²) in [5.74, 6) is 0.582. The van der Waals surface area contributed by atoms with Crippen LogP contribution in [0.1, 0.15) is 12.0 Å². The Hall–Kier alpha value is -0.700. The van der Waals surface area contributed by atoms with Crippen molar-refractivity contribution in [2.24, 2.45) is 0 Å². The Kier molecular flexibility index (Phi) is 8.82. The second-order valence-electron chi connectivity index (χ2n) is 4.90. The molecule has 122 valence electrons. The number of aliphatic hydroxyl groups is 1. The number of aromatic nitrogens is 1. The van der Waals surface area contributed by atoms with E-state index in [9.17, 15) is 9.66 Å². The Morgan fingerprint density at radius 2 is 2.29 bits per heavy atom. The van der Waals surface area contributed by atoms with Crippen molar-refractivity contribution >= 4 is 10.6 Å². The van der Waals surface area contributed by atoms with Gasteiger partial charge in [-0.05, 0) is 18.1 Å². The third kappa shape index (κ3) is 9.02. The minimum Gasteiger partial charge on any atom is -0.389 e. The third-order valence-corrected chi connectivity index (χ3v) is 4.68. The quantitative estimate of drug-likeness (QED) is 0.535. The van der Waals surface area contributed by atoms with E-state index in [-0.39, 0.29) is 6.61 Å². The average molecular weight is 318 g/mol. The molecule has 0 aromatic carbocycles. The van der Waals surface area contributed by atoms with Crippen molar-refractivity contribution in [2.75, 3.05) is 38.9 Å². The highest BCUT2D eigenvalue weighted by atomic mass is 32.3. The van der Waals surface area contributed by atoms with Crippen molar-refractivity contribution < 1.29 is 18.6 Å². The first-order valence-corrected chi connectivity index (χ1v) is 9.02. The van der Waals surface area contributed by atoms with Crippen LogP contribution in [0.3, 0.4) is 0 Å². The Morgan fingerprint density at radius 1 is 1.48 bits per heavy atom. The maximum atomic E-state index is 9.76. The van der Waals surface area contributed by atoms with Gasteiger partial charge in [0.25, 0.3) is 0 Å². The molecule has 0 amide bonds. The van der Waals surface area contributed by atoms with Gasteiger partial charge in [-0.15, -0.1) is 0 Å². The van der Waals surface area contributed by atoms with Gasteiger partial charge < -0.3 is 15.2 Å². The van der Waals surface area contributed by atoms with E-state index in [0.29, 0.717) is 31.9 Å². The van der Waals surface area contributed by atoms with Gasteiger partial charge in [0.15, 0.2) is 0 Å². The lowest BCUT2D eigenvalue weighted by atomic mass is 10.3. The highest BCUT2D eigenvalue weighted by Gasteiger charge is 2.08. The van der Waals surface area contributed by atoms with Crippen LogP contribution < -0.4 is 5.32 Å². The van der Waals surface area contributed by atoms with E-state index in [1.165, 1.54) is 7.11 Å². The predicted octanol–water partition coefficient (Wildman–Crippen LogP) is 1.41. The highest BCUT2D eigenvalue weighted by Crippen LogP contribution is 2.39. The summed E-state index contributed by atoms with van der Waals surface area (Å²) in [6, 6.07) is 3.86. The van der Waals surface area contributed by atoms with E-state index in [4.69, 9.17) is 8.92 Å². The Morgan fingerprint density at radius 3 is 2.95 bits per heavy atom. The molecule has 0 saturated heterocycles. The van der Waals surface area contributed by atoms with Crippen molar-refractivity contribution in [1.82, 2.24) is 10.3 Å². The summed E-state index contributed by atoms with van der Waals surface area (Å²) < 4.78 is 20.1. The summed E-state index contributed by atoms with van der Waals surface area (Å²) in [6.07, 6.45) is 5.39. The number of nitrogens with one attached hydrogen (secondary N) is 1. The zero-order valence-electron chi connectivity index (χ0n) is 12.7.